The van der Waals surface area contributed by atoms with Crippen LogP contribution in [0.4, 0.5) is 0 Å². The van der Waals surface area contributed by atoms with Crippen LogP contribution < -0.4 is 20.7 Å². The van der Waals surface area contributed by atoms with Crippen molar-refractivity contribution < 1.29 is 0 Å². The number of para-hydroxylation sites is 3. The van der Waals surface area contributed by atoms with Crippen molar-refractivity contribution in [1.29, 1.82) is 0 Å². The molecule has 0 aliphatic carbocycles. The third kappa shape index (κ3) is 8.29. The van der Waals surface area contributed by atoms with Gasteiger partial charge in [-0.3, -0.25) is 0 Å². The Morgan fingerprint density at radius 3 is 1.26 bits per heavy atom. The summed E-state index contributed by atoms with van der Waals surface area (Å²) < 4.78 is 7.72. The molecule has 0 saturated carbocycles. The zero-order valence-electron chi connectivity index (χ0n) is 48.1. The Labute approximate surface area is 516 Å². The lowest BCUT2D eigenvalue weighted by Gasteiger charge is -2.36. The van der Waals surface area contributed by atoms with Crippen LogP contribution in [0.5, 0.6) is 0 Å². The van der Waals surface area contributed by atoms with Gasteiger partial charge in [0.05, 0.1) is 27.8 Å². The molecule has 0 atom stereocenters. The van der Waals surface area contributed by atoms with E-state index >= 15 is 0 Å². The fourth-order valence-electron chi connectivity index (χ4n) is 14.4. The van der Waals surface area contributed by atoms with Gasteiger partial charge >= 0.3 is 0 Å². The van der Waals surface area contributed by atoms with Gasteiger partial charge in [0.2, 0.25) is 0 Å². The smallest absolute Gasteiger partial charge is 0.179 e. The molecule has 0 spiro atoms. The minimum Gasteiger partial charge on any atom is -0.309 e. The van der Waals surface area contributed by atoms with E-state index in [1.165, 1.54) is 107 Å². The van der Waals surface area contributed by atoms with Crippen molar-refractivity contribution in [3.8, 4) is 67.0 Å². The Morgan fingerprint density at radius 1 is 0.239 bits per heavy atom. The number of aromatic nitrogens is 2. The van der Waals surface area contributed by atoms with Crippen LogP contribution in [-0.2, 0) is 0 Å². The average Bonchev–Trinajstić information content (AvgIpc) is 1.55. The van der Waals surface area contributed by atoms with E-state index in [4.69, 9.17) is 0 Å². The summed E-state index contributed by atoms with van der Waals surface area (Å²) in [4.78, 5) is 0. The molecule has 0 fully saturated rings. The molecule has 0 amide bonds. The van der Waals surface area contributed by atoms with Gasteiger partial charge in [0.25, 0.3) is 0 Å². The molecular weight excluding hydrogens is 1100 g/mol. The van der Waals surface area contributed by atoms with Crippen LogP contribution in [0.3, 0.4) is 0 Å². The largest absolute Gasteiger partial charge is 0.309 e. The number of nitrogens with zero attached hydrogens (tertiary/aromatic N) is 2. The minimum atomic E-state index is -3.32. The number of thiophene rings is 1. The van der Waals surface area contributed by atoms with Crippen molar-refractivity contribution in [3.05, 3.63) is 340 Å². The van der Waals surface area contributed by atoms with Crippen LogP contribution in [0.1, 0.15) is 0 Å². The van der Waals surface area contributed by atoms with E-state index in [1.54, 1.807) is 0 Å². The second kappa shape index (κ2) is 21.3. The van der Waals surface area contributed by atoms with Crippen LogP contribution in [0.15, 0.2) is 340 Å². The van der Waals surface area contributed by atoms with Crippen molar-refractivity contribution >= 4 is 104 Å². The first-order valence-corrected chi connectivity index (χ1v) is 33.1. The van der Waals surface area contributed by atoms with Crippen molar-refractivity contribution in [2.75, 3.05) is 0 Å². The fraction of sp³-hybridized carbons (Fsp3) is 0. The maximum atomic E-state index is 2.59. The van der Waals surface area contributed by atoms with E-state index in [2.05, 4.69) is 349 Å². The Hall–Kier alpha value is -10.9. The number of benzene rings is 14. The molecule has 0 N–H and O–H groups in total. The highest BCUT2D eigenvalue weighted by molar-refractivity contribution is 7.26. The van der Waals surface area contributed by atoms with E-state index in [0.29, 0.717) is 0 Å². The summed E-state index contributed by atoms with van der Waals surface area (Å²) in [5.41, 5.74) is 18.8. The van der Waals surface area contributed by atoms with Crippen LogP contribution in [0.2, 0.25) is 0 Å². The first-order valence-electron chi connectivity index (χ1n) is 30.3. The van der Waals surface area contributed by atoms with Crippen LogP contribution >= 0.6 is 11.3 Å². The second-order valence-corrected chi connectivity index (χ2v) is 27.9. The SMILES string of the molecule is c1ccc(-c2cc(-c3ccccc3)cc([Si](c3ccccc3)(c3ccccc3)c3cc(-c4ccccc4)c(-n4c5ccccc5c5cc(-n6c7ccccc7c7cccc(-c8cccc9sc%10ccccc%10c89)c76)ccc54)c(-c4ccccc4)c3)c2)cc1. The maximum absolute atomic E-state index is 3.32. The van der Waals surface area contributed by atoms with Crippen molar-refractivity contribution in [1.82, 2.24) is 9.13 Å². The standard InChI is InChI=1S/C84H56N2SSi/c1-7-27-57(28-8-1)61-51-62(58-29-9-2-10-30-58)53-66(52-61)88(64-35-15-5-16-36-64,65-37-17-6-18-38-65)67-55-74(59-31-11-3-12-32-59)84(75(56-67)60-33-13-4-14-34-60)86-78-46-23-20-40-69(78)76-54-63(49-50-79(76)86)85-77-45-22-19-39-68(77)71-43-25-44-72(83(71)85)70-42-26-48-81-82(70)73-41-21-24-47-80(73)87-81/h1-56H. The second-order valence-electron chi connectivity index (χ2n) is 23.1. The van der Waals surface area contributed by atoms with Crippen LogP contribution in [-0.4, -0.2) is 17.2 Å². The lowest BCUT2D eigenvalue weighted by atomic mass is 9.95. The zero-order valence-corrected chi connectivity index (χ0v) is 50.0. The van der Waals surface area contributed by atoms with Gasteiger partial charge in [0, 0.05) is 64.1 Å². The summed E-state index contributed by atoms with van der Waals surface area (Å²) in [5, 5.41) is 12.7. The highest BCUT2D eigenvalue weighted by Crippen LogP contribution is 2.47. The monoisotopic (exact) mass is 1150 g/mol. The Bertz CT molecular complexity index is 5320. The Balaban J connectivity index is 0.969. The third-order valence-electron chi connectivity index (χ3n) is 18.2. The van der Waals surface area contributed by atoms with Crippen molar-refractivity contribution in [3.63, 3.8) is 0 Å². The molecule has 14 aromatic carbocycles. The molecular formula is C84H56N2SSi. The minimum absolute atomic E-state index is 1.12. The van der Waals surface area contributed by atoms with E-state index < -0.39 is 8.07 Å². The normalized spacial score (nSPS) is 11.9. The molecule has 17 aromatic rings. The molecule has 4 heteroatoms. The molecule has 0 aliphatic heterocycles. The number of hydrogen-bond donors (Lipinski definition) is 0. The third-order valence-corrected chi connectivity index (χ3v) is 24.1. The molecule has 0 saturated heterocycles. The van der Waals surface area contributed by atoms with Crippen molar-refractivity contribution in [2.45, 2.75) is 0 Å². The Morgan fingerprint density at radius 2 is 0.670 bits per heavy atom. The average molecular weight is 1150 g/mol. The van der Waals surface area contributed by atoms with Gasteiger partial charge in [0.1, 0.15) is 0 Å². The van der Waals surface area contributed by atoms with Gasteiger partial charge < -0.3 is 9.13 Å². The first-order chi connectivity index (χ1) is 43.7. The first kappa shape index (κ1) is 51.5. The molecule has 2 nitrogen and oxygen atoms in total. The predicted molar refractivity (Wildman–Crippen MR) is 379 cm³/mol. The highest BCUT2D eigenvalue weighted by Gasteiger charge is 2.43. The Kier molecular flexibility index (Phi) is 12.5. The predicted octanol–water partition coefficient (Wildman–Crippen LogP) is 20.0. The molecule has 17 rings (SSSR count). The summed E-state index contributed by atoms with van der Waals surface area (Å²) in [6, 6.07) is 127. The number of hydrogen-bond acceptors (Lipinski definition) is 1. The summed E-state index contributed by atoms with van der Waals surface area (Å²) in [6.45, 7) is 0. The summed E-state index contributed by atoms with van der Waals surface area (Å²) in [6.07, 6.45) is 0. The maximum Gasteiger partial charge on any atom is 0.179 e. The van der Waals surface area contributed by atoms with E-state index in [0.717, 1.165) is 44.7 Å². The van der Waals surface area contributed by atoms with Crippen LogP contribution in [0.25, 0.3) is 131 Å². The summed E-state index contributed by atoms with van der Waals surface area (Å²) in [5.74, 6) is 0. The van der Waals surface area contributed by atoms with Gasteiger partial charge in [0.15, 0.2) is 8.07 Å². The summed E-state index contributed by atoms with van der Waals surface area (Å²) in [7, 11) is -3.32. The highest BCUT2D eigenvalue weighted by atomic mass is 32.1. The van der Waals surface area contributed by atoms with Gasteiger partial charge in [-0.2, -0.15) is 0 Å². The van der Waals surface area contributed by atoms with E-state index in [9.17, 15) is 0 Å². The van der Waals surface area contributed by atoms with Crippen LogP contribution in [0, 0.1) is 0 Å². The lowest BCUT2D eigenvalue weighted by molar-refractivity contribution is 1.17. The molecule has 0 aliphatic rings. The molecule has 3 heterocycles. The van der Waals surface area contributed by atoms with Gasteiger partial charge in [-0.25, -0.2) is 0 Å². The molecule has 412 valence electrons. The lowest BCUT2D eigenvalue weighted by Crippen LogP contribution is -2.74. The van der Waals surface area contributed by atoms with Gasteiger partial charge in [-0.15, -0.1) is 11.3 Å². The topological polar surface area (TPSA) is 9.86 Å². The molecule has 0 radical (unpaired) electrons. The number of fused-ring (bicyclic) bond motifs is 9. The van der Waals surface area contributed by atoms with E-state index in [-0.39, 0.29) is 0 Å². The molecule has 3 aromatic heterocycles. The summed E-state index contributed by atoms with van der Waals surface area (Å²) >= 11 is 1.87. The zero-order chi connectivity index (χ0) is 58.1. The quantitative estimate of drug-likeness (QED) is 0.0902. The van der Waals surface area contributed by atoms with Gasteiger partial charge in [-0.05, 0) is 108 Å². The number of rotatable bonds is 11. The molecule has 0 unspecified atom stereocenters. The molecule has 0 bridgehead atoms. The van der Waals surface area contributed by atoms with Crippen molar-refractivity contribution in [2.24, 2.45) is 0 Å². The molecule has 88 heavy (non-hydrogen) atoms. The van der Waals surface area contributed by atoms with E-state index in [1.807, 2.05) is 11.3 Å². The van der Waals surface area contributed by atoms with Gasteiger partial charge in [-0.1, -0.05) is 291 Å². The fourth-order valence-corrected chi connectivity index (χ4v) is 20.4.